The average Bonchev–Trinajstić information content (AvgIpc) is 3.03. The number of hydrogen-bond acceptors (Lipinski definition) is 7. The standard InChI is InChI=1S/C14H10ClF3N6O/c15-10-3-1-2-9(21-10)13-22-12(24-25-13)7-20-23-11-5-4-8(6-19-11)14(16,17)18/h1-6,20H,7H2,(H,19,23). The van der Waals surface area contributed by atoms with Crippen LogP contribution in [0.3, 0.4) is 0 Å². The Morgan fingerprint density at radius 2 is 1.96 bits per heavy atom. The van der Waals surface area contributed by atoms with Gasteiger partial charge in [-0.2, -0.15) is 18.2 Å². The maximum atomic E-state index is 12.4. The van der Waals surface area contributed by atoms with Crippen molar-refractivity contribution in [3.05, 3.63) is 53.1 Å². The van der Waals surface area contributed by atoms with Gasteiger partial charge in [-0.25, -0.2) is 15.4 Å². The molecule has 3 heterocycles. The fourth-order valence-corrected chi connectivity index (χ4v) is 1.97. The summed E-state index contributed by atoms with van der Waals surface area (Å²) in [7, 11) is 0. The minimum absolute atomic E-state index is 0.146. The lowest BCUT2D eigenvalue weighted by molar-refractivity contribution is -0.137. The summed E-state index contributed by atoms with van der Waals surface area (Å²) >= 11 is 5.79. The van der Waals surface area contributed by atoms with Crippen molar-refractivity contribution in [2.45, 2.75) is 12.7 Å². The van der Waals surface area contributed by atoms with Crippen LogP contribution >= 0.6 is 11.6 Å². The van der Waals surface area contributed by atoms with E-state index in [1.165, 1.54) is 6.07 Å². The van der Waals surface area contributed by atoms with Crippen LogP contribution in [0, 0.1) is 0 Å². The van der Waals surface area contributed by atoms with Gasteiger partial charge < -0.3 is 9.95 Å². The number of halogens is 4. The van der Waals surface area contributed by atoms with E-state index in [0.29, 0.717) is 16.7 Å². The summed E-state index contributed by atoms with van der Waals surface area (Å²) in [5.74, 6) is 0.733. The number of hydrazine groups is 1. The lowest BCUT2D eigenvalue weighted by Gasteiger charge is -2.08. The molecule has 3 aromatic rings. The fraction of sp³-hybridized carbons (Fsp3) is 0.143. The lowest BCUT2D eigenvalue weighted by Crippen LogP contribution is -2.22. The predicted octanol–water partition coefficient (Wildman–Crippen LogP) is 3.32. The minimum Gasteiger partial charge on any atom is -0.332 e. The van der Waals surface area contributed by atoms with Gasteiger partial charge in [0.05, 0.1) is 12.1 Å². The third-order valence-corrected chi connectivity index (χ3v) is 3.17. The van der Waals surface area contributed by atoms with E-state index >= 15 is 0 Å². The lowest BCUT2D eigenvalue weighted by atomic mass is 10.3. The van der Waals surface area contributed by atoms with Crippen LogP contribution in [0.5, 0.6) is 0 Å². The van der Waals surface area contributed by atoms with Crippen LogP contribution in [0.1, 0.15) is 11.4 Å². The predicted molar refractivity (Wildman–Crippen MR) is 82.2 cm³/mol. The Balaban J connectivity index is 1.56. The highest BCUT2D eigenvalue weighted by Crippen LogP contribution is 2.28. The van der Waals surface area contributed by atoms with E-state index in [2.05, 4.69) is 31.0 Å². The Morgan fingerprint density at radius 1 is 1.12 bits per heavy atom. The zero-order chi connectivity index (χ0) is 17.9. The molecule has 0 fully saturated rings. The van der Waals surface area contributed by atoms with Crippen LogP contribution in [-0.4, -0.2) is 20.1 Å². The molecule has 130 valence electrons. The van der Waals surface area contributed by atoms with Gasteiger partial charge in [-0.15, -0.1) is 0 Å². The quantitative estimate of drug-likeness (QED) is 0.526. The summed E-state index contributed by atoms with van der Waals surface area (Å²) in [6.45, 7) is 0.146. The van der Waals surface area contributed by atoms with Gasteiger partial charge in [-0.05, 0) is 24.3 Å². The largest absolute Gasteiger partial charge is 0.417 e. The van der Waals surface area contributed by atoms with Crippen LogP contribution in [0.15, 0.2) is 41.1 Å². The van der Waals surface area contributed by atoms with E-state index in [1.54, 1.807) is 18.2 Å². The van der Waals surface area contributed by atoms with Crippen molar-refractivity contribution >= 4 is 17.4 Å². The second-order valence-corrected chi connectivity index (χ2v) is 5.16. The maximum absolute atomic E-state index is 12.4. The monoisotopic (exact) mass is 370 g/mol. The summed E-state index contributed by atoms with van der Waals surface area (Å²) in [5.41, 5.74) is 4.98. The molecule has 0 saturated carbocycles. The Bertz CT molecular complexity index is 852. The molecule has 0 unspecified atom stereocenters. The molecule has 0 aliphatic rings. The van der Waals surface area contributed by atoms with Crippen molar-refractivity contribution in [3.63, 3.8) is 0 Å². The van der Waals surface area contributed by atoms with Gasteiger partial charge >= 0.3 is 6.18 Å². The van der Waals surface area contributed by atoms with Crippen LogP contribution in [0.25, 0.3) is 11.6 Å². The molecule has 0 aromatic carbocycles. The molecule has 7 nitrogen and oxygen atoms in total. The van der Waals surface area contributed by atoms with Crippen LogP contribution in [0.2, 0.25) is 5.15 Å². The third-order valence-electron chi connectivity index (χ3n) is 2.96. The van der Waals surface area contributed by atoms with E-state index in [4.69, 9.17) is 16.1 Å². The van der Waals surface area contributed by atoms with Crippen LogP contribution in [-0.2, 0) is 12.7 Å². The number of rotatable bonds is 5. The molecule has 0 atom stereocenters. The molecule has 0 aliphatic carbocycles. The maximum Gasteiger partial charge on any atom is 0.417 e. The minimum atomic E-state index is -4.42. The first-order valence-electron chi connectivity index (χ1n) is 6.89. The van der Waals surface area contributed by atoms with Gasteiger partial charge in [-0.3, -0.25) is 0 Å². The van der Waals surface area contributed by atoms with Gasteiger partial charge in [0.25, 0.3) is 5.89 Å². The Labute approximate surface area is 144 Å². The number of anilines is 1. The molecule has 0 aliphatic heterocycles. The number of alkyl halides is 3. The van der Waals surface area contributed by atoms with Gasteiger partial charge in [0.1, 0.15) is 16.7 Å². The smallest absolute Gasteiger partial charge is 0.332 e. The summed E-state index contributed by atoms with van der Waals surface area (Å²) < 4.78 is 42.4. The third kappa shape index (κ3) is 4.43. The number of pyridine rings is 2. The van der Waals surface area contributed by atoms with Crippen molar-refractivity contribution in [1.82, 2.24) is 25.5 Å². The van der Waals surface area contributed by atoms with E-state index in [9.17, 15) is 13.2 Å². The van der Waals surface area contributed by atoms with Gasteiger partial charge in [0.15, 0.2) is 5.82 Å². The van der Waals surface area contributed by atoms with Crippen molar-refractivity contribution in [2.75, 3.05) is 5.43 Å². The van der Waals surface area contributed by atoms with E-state index in [1.807, 2.05) is 0 Å². The first-order valence-corrected chi connectivity index (χ1v) is 7.27. The Kier molecular flexibility index (Phi) is 4.81. The second kappa shape index (κ2) is 7.03. The van der Waals surface area contributed by atoms with Gasteiger partial charge in [-0.1, -0.05) is 22.8 Å². The first-order chi connectivity index (χ1) is 11.9. The molecule has 0 radical (unpaired) electrons. The molecule has 2 N–H and O–H groups in total. The van der Waals surface area contributed by atoms with E-state index in [-0.39, 0.29) is 18.3 Å². The summed E-state index contributed by atoms with van der Waals surface area (Å²) in [4.78, 5) is 11.8. The first kappa shape index (κ1) is 17.1. The van der Waals surface area contributed by atoms with Crippen molar-refractivity contribution in [3.8, 4) is 11.6 Å². The van der Waals surface area contributed by atoms with E-state index in [0.717, 1.165) is 12.3 Å². The molecular weight excluding hydrogens is 361 g/mol. The number of aromatic nitrogens is 4. The van der Waals surface area contributed by atoms with Crippen LogP contribution in [0.4, 0.5) is 19.0 Å². The number of nitrogens with zero attached hydrogens (tertiary/aromatic N) is 4. The summed E-state index contributed by atoms with van der Waals surface area (Å²) in [5, 5.41) is 4.06. The van der Waals surface area contributed by atoms with Crippen molar-refractivity contribution in [1.29, 1.82) is 0 Å². The normalized spacial score (nSPS) is 11.5. The Morgan fingerprint density at radius 3 is 2.64 bits per heavy atom. The highest BCUT2D eigenvalue weighted by atomic mass is 35.5. The summed E-state index contributed by atoms with van der Waals surface area (Å²) in [6, 6.07) is 7.11. The van der Waals surface area contributed by atoms with E-state index < -0.39 is 11.7 Å². The van der Waals surface area contributed by atoms with Crippen molar-refractivity contribution in [2.24, 2.45) is 0 Å². The highest BCUT2D eigenvalue weighted by Gasteiger charge is 2.30. The van der Waals surface area contributed by atoms with Crippen LogP contribution < -0.4 is 10.9 Å². The number of nitrogens with one attached hydrogen (secondary N) is 2. The van der Waals surface area contributed by atoms with Crippen molar-refractivity contribution < 1.29 is 17.7 Å². The molecule has 25 heavy (non-hydrogen) atoms. The Hall–Kier alpha value is -2.72. The fourth-order valence-electron chi connectivity index (χ4n) is 1.81. The molecule has 0 saturated heterocycles. The highest BCUT2D eigenvalue weighted by molar-refractivity contribution is 6.29. The molecule has 0 bridgehead atoms. The summed E-state index contributed by atoms with van der Waals surface area (Å²) in [6.07, 6.45) is -3.68. The average molecular weight is 371 g/mol. The number of hydrogen-bond donors (Lipinski definition) is 2. The molecule has 3 aromatic heterocycles. The molecule has 11 heteroatoms. The molecule has 0 amide bonds. The SMILES string of the molecule is FC(F)(F)c1ccc(NNCc2noc(-c3cccc(Cl)n3)n2)nc1. The molecule has 0 spiro atoms. The zero-order valence-corrected chi connectivity index (χ0v) is 13.1. The van der Waals surface area contributed by atoms with Gasteiger partial charge in [0.2, 0.25) is 0 Å². The second-order valence-electron chi connectivity index (χ2n) is 4.77. The molecular formula is C14H10ClF3N6O. The zero-order valence-electron chi connectivity index (χ0n) is 12.4. The topological polar surface area (TPSA) is 88.8 Å². The molecule has 3 rings (SSSR count). The van der Waals surface area contributed by atoms with Gasteiger partial charge in [0, 0.05) is 6.20 Å².